The fourth-order valence-electron chi connectivity index (χ4n) is 4.14. The van der Waals surface area contributed by atoms with Gasteiger partial charge in [0.1, 0.15) is 0 Å². The van der Waals surface area contributed by atoms with E-state index in [1.165, 1.54) is 31.3 Å². The van der Waals surface area contributed by atoms with Crippen molar-refractivity contribution in [2.45, 2.75) is 54.0 Å². The monoisotopic (exact) mass is 423 g/mol. The molecule has 2 saturated carbocycles. The van der Waals surface area contributed by atoms with E-state index in [4.69, 9.17) is 5.73 Å². The molecule has 10 heteroatoms. The predicted molar refractivity (Wildman–Crippen MR) is 102 cm³/mol. The van der Waals surface area contributed by atoms with Crippen LogP contribution in [0, 0.1) is 11.8 Å². The molecule has 148 valence electrons. The Bertz CT molecular complexity index is 814. The summed E-state index contributed by atoms with van der Waals surface area (Å²) in [4.78, 5) is 0.116. The fourth-order valence-corrected chi connectivity index (χ4v) is 6.25. The average Bonchev–Trinajstić information content (AvgIpc) is 2.55. The van der Waals surface area contributed by atoms with Gasteiger partial charge in [0.15, 0.2) is 0 Å². The number of sulfonamides is 2. The van der Waals surface area contributed by atoms with Crippen LogP contribution in [0.5, 0.6) is 0 Å². The van der Waals surface area contributed by atoms with E-state index in [2.05, 4.69) is 9.44 Å². The van der Waals surface area contributed by atoms with Crippen molar-refractivity contribution in [1.29, 1.82) is 0 Å². The van der Waals surface area contributed by atoms with Gasteiger partial charge < -0.3 is 5.73 Å². The number of benzene rings is 1. The van der Waals surface area contributed by atoms with Gasteiger partial charge in [-0.05, 0) is 68.8 Å². The van der Waals surface area contributed by atoms with Gasteiger partial charge in [-0.15, -0.1) is 12.4 Å². The first kappa shape index (κ1) is 21.6. The second-order valence-corrected chi connectivity index (χ2v) is 10.6. The number of nitrogens with two attached hydrogens (primary N) is 1. The summed E-state index contributed by atoms with van der Waals surface area (Å²) in [6, 6.07) is 5.34. The summed E-state index contributed by atoms with van der Waals surface area (Å²) in [6.07, 6.45) is 4.82. The second-order valence-electron chi connectivity index (χ2n) is 7.01. The molecule has 2 atom stereocenters. The van der Waals surface area contributed by atoms with Gasteiger partial charge in [-0.3, -0.25) is 0 Å². The Labute approximate surface area is 161 Å². The van der Waals surface area contributed by atoms with E-state index in [1.807, 2.05) is 0 Å². The molecule has 0 amide bonds. The van der Waals surface area contributed by atoms with Crippen molar-refractivity contribution in [1.82, 2.24) is 9.44 Å². The van der Waals surface area contributed by atoms with Crippen LogP contribution in [0.15, 0.2) is 34.1 Å². The van der Waals surface area contributed by atoms with Crippen molar-refractivity contribution < 1.29 is 16.8 Å². The molecular formula is C16H26ClN3O4S2. The van der Waals surface area contributed by atoms with E-state index in [0.29, 0.717) is 0 Å². The van der Waals surface area contributed by atoms with Gasteiger partial charge in [0.05, 0.1) is 9.79 Å². The van der Waals surface area contributed by atoms with Gasteiger partial charge in [-0.25, -0.2) is 26.3 Å². The molecule has 2 aliphatic rings. The first-order chi connectivity index (χ1) is 11.7. The number of halogens is 1. The molecule has 0 saturated heterocycles. The molecule has 3 rings (SSSR count). The molecule has 0 spiro atoms. The molecule has 4 N–H and O–H groups in total. The SMILES string of the molecule is CNS(=O)(=O)c1ccc(S(=O)(=O)NC2C3CCCC2CC(N)C3)cc1.Cl. The maximum Gasteiger partial charge on any atom is 0.240 e. The first-order valence-corrected chi connectivity index (χ1v) is 11.5. The van der Waals surface area contributed by atoms with Crippen molar-refractivity contribution >= 4 is 32.5 Å². The summed E-state index contributed by atoms with van der Waals surface area (Å²) < 4.78 is 54.0. The average molecular weight is 424 g/mol. The summed E-state index contributed by atoms with van der Waals surface area (Å²) in [6.45, 7) is 0. The topological polar surface area (TPSA) is 118 Å². The van der Waals surface area contributed by atoms with Crippen LogP contribution in [0.25, 0.3) is 0 Å². The lowest BCUT2D eigenvalue weighted by Gasteiger charge is -2.45. The summed E-state index contributed by atoms with van der Waals surface area (Å²) in [5.74, 6) is 0.558. The summed E-state index contributed by atoms with van der Waals surface area (Å²) in [5, 5.41) is 0. The van der Waals surface area contributed by atoms with Crippen LogP contribution >= 0.6 is 12.4 Å². The predicted octanol–water partition coefficient (Wildman–Crippen LogP) is 1.20. The van der Waals surface area contributed by atoms with E-state index >= 15 is 0 Å². The highest BCUT2D eigenvalue weighted by Crippen LogP contribution is 2.40. The van der Waals surface area contributed by atoms with Gasteiger partial charge >= 0.3 is 0 Å². The van der Waals surface area contributed by atoms with Crippen molar-refractivity contribution in [3.8, 4) is 0 Å². The molecule has 2 bridgehead atoms. The van der Waals surface area contributed by atoms with Gasteiger partial charge in [0, 0.05) is 12.1 Å². The Kier molecular flexibility index (Phi) is 6.74. The highest BCUT2D eigenvalue weighted by molar-refractivity contribution is 7.90. The highest BCUT2D eigenvalue weighted by Gasteiger charge is 2.41. The van der Waals surface area contributed by atoms with Crippen molar-refractivity contribution in [2.24, 2.45) is 17.6 Å². The fraction of sp³-hybridized carbons (Fsp3) is 0.625. The molecule has 0 radical (unpaired) electrons. The van der Waals surface area contributed by atoms with Gasteiger partial charge in [-0.2, -0.15) is 0 Å². The van der Waals surface area contributed by atoms with Crippen LogP contribution in [0.1, 0.15) is 32.1 Å². The lowest BCUT2D eigenvalue weighted by Crippen LogP contribution is -2.53. The molecule has 2 aliphatic carbocycles. The lowest BCUT2D eigenvalue weighted by atomic mass is 9.67. The third-order valence-corrected chi connectivity index (χ3v) is 8.29. The second kappa shape index (κ2) is 8.12. The smallest absolute Gasteiger partial charge is 0.240 e. The van der Waals surface area contributed by atoms with Gasteiger partial charge in [0.2, 0.25) is 20.0 Å². The Hall–Kier alpha value is -0.710. The zero-order chi connectivity index (χ0) is 18.2. The molecule has 1 aromatic rings. The van der Waals surface area contributed by atoms with Crippen LogP contribution in [0.2, 0.25) is 0 Å². The standard InChI is InChI=1S/C16H25N3O4S2.ClH/c1-18-24(20,21)14-5-7-15(8-6-14)25(22,23)19-16-11-3-2-4-12(16)10-13(17)9-11;/h5-8,11-13,16,18-19H,2-4,9-10,17H2,1H3;1H. The van der Waals surface area contributed by atoms with Crippen LogP contribution < -0.4 is 15.2 Å². The van der Waals surface area contributed by atoms with Crippen LogP contribution in [-0.4, -0.2) is 36.0 Å². The maximum atomic E-state index is 12.7. The first-order valence-electron chi connectivity index (χ1n) is 8.54. The quantitative estimate of drug-likeness (QED) is 0.657. The highest BCUT2D eigenvalue weighted by atomic mass is 35.5. The summed E-state index contributed by atoms with van der Waals surface area (Å²) in [5.41, 5.74) is 6.09. The Balaban J connectivity index is 0.00000243. The molecule has 2 fully saturated rings. The number of rotatable bonds is 5. The number of hydrogen-bond donors (Lipinski definition) is 3. The Morgan fingerprint density at radius 3 is 1.85 bits per heavy atom. The van der Waals surface area contributed by atoms with E-state index in [1.54, 1.807) is 0 Å². The van der Waals surface area contributed by atoms with E-state index in [9.17, 15) is 16.8 Å². The normalized spacial score (nSPS) is 29.0. The third-order valence-electron chi connectivity index (χ3n) is 5.38. The van der Waals surface area contributed by atoms with Crippen LogP contribution in [0.3, 0.4) is 0 Å². The molecule has 1 aromatic carbocycles. The lowest BCUT2D eigenvalue weighted by molar-refractivity contribution is 0.125. The largest absolute Gasteiger partial charge is 0.328 e. The third kappa shape index (κ3) is 4.40. The molecular weight excluding hydrogens is 398 g/mol. The maximum absolute atomic E-state index is 12.7. The van der Waals surface area contributed by atoms with Gasteiger partial charge in [-0.1, -0.05) is 6.42 Å². The molecule has 0 aromatic heterocycles. The minimum Gasteiger partial charge on any atom is -0.328 e. The minimum atomic E-state index is -3.69. The van der Waals surface area contributed by atoms with Crippen LogP contribution in [0.4, 0.5) is 0 Å². The van der Waals surface area contributed by atoms with E-state index in [-0.39, 0.29) is 46.1 Å². The zero-order valence-corrected chi connectivity index (χ0v) is 17.0. The number of nitrogens with one attached hydrogen (secondary N) is 2. The molecule has 26 heavy (non-hydrogen) atoms. The zero-order valence-electron chi connectivity index (χ0n) is 14.6. The minimum absolute atomic E-state index is 0. The van der Waals surface area contributed by atoms with Crippen molar-refractivity contribution in [2.75, 3.05) is 7.05 Å². The molecule has 7 nitrogen and oxygen atoms in total. The van der Waals surface area contributed by atoms with Crippen molar-refractivity contribution in [3.05, 3.63) is 24.3 Å². The Morgan fingerprint density at radius 2 is 1.38 bits per heavy atom. The van der Waals surface area contributed by atoms with Crippen molar-refractivity contribution in [3.63, 3.8) is 0 Å². The number of hydrogen-bond acceptors (Lipinski definition) is 5. The Morgan fingerprint density at radius 1 is 0.923 bits per heavy atom. The van der Waals surface area contributed by atoms with Crippen LogP contribution in [-0.2, 0) is 20.0 Å². The summed E-state index contributed by atoms with van der Waals surface area (Å²) >= 11 is 0. The van der Waals surface area contributed by atoms with E-state index < -0.39 is 20.0 Å². The summed E-state index contributed by atoms with van der Waals surface area (Å²) in [7, 11) is -5.97. The number of fused-ring (bicyclic) bond motifs is 2. The van der Waals surface area contributed by atoms with Gasteiger partial charge in [0.25, 0.3) is 0 Å². The molecule has 0 aliphatic heterocycles. The molecule has 0 heterocycles. The van der Waals surface area contributed by atoms with E-state index in [0.717, 1.165) is 32.1 Å². The molecule has 2 unspecified atom stereocenters.